The van der Waals surface area contributed by atoms with Gasteiger partial charge in [-0.2, -0.15) is 0 Å². The molecule has 5 heteroatoms. The van der Waals surface area contributed by atoms with Crippen LogP contribution in [0.3, 0.4) is 0 Å². The Bertz CT molecular complexity index is 2900. The van der Waals surface area contributed by atoms with Gasteiger partial charge in [-0.15, -0.1) is 54.1 Å². The normalized spacial score (nSPS) is 13.0. The molecule has 0 aliphatic heterocycles. The number of aryl methyl sites for hydroxylation is 3. The molecular formula is C49H41IrN3O-2. The maximum Gasteiger partial charge on any atom is 0.121 e. The molecule has 0 aliphatic rings. The van der Waals surface area contributed by atoms with E-state index < -0.39 is 19.1 Å². The predicted molar refractivity (Wildman–Crippen MR) is 219 cm³/mol. The average molecular weight is 885 g/mol. The molecular weight excluding hydrogens is 839 g/mol. The van der Waals surface area contributed by atoms with E-state index in [1.165, 1.54) is 29.1 Å². The summed E-state index contributed by atoms with van der Waals surface area (Å²) in [5.74, 6) is 0.505. The zero-order valence-corrected chi connectivity index (χ0v) is 32.8. The van der Waals surface area contributed by atoms with Crippen molar-refractivity contribution in [1.29, 1.82) is 0 Å². The number of nitrogens with zero attached hydrogens (tertiary/aromatic N) is 3. The molecule has 0 atom stereocenters. The molecule has 0 saturated carbocycles. The number of hydrogen-bond donors (Lipinski definition) is 0. The number of para-hydroxylation sites is 3. The van der Waals surface area contributed by atoms with Gasteiger partial charge in [0, 0.05) is 44.2 Å². The van der Waals surface area contributed by atoms with Crippen molar-refractivity contribution in [3.8, 4) is 39.5 Å². The van der Waals surface area contributed by atoms with Gasteiger partial charge in [0.25, 0.3) is 0 Å². The van der Waals surface area contributed by atoms with Crippen molar-refractivity contribution >= 4 is 33.0 Å². The second-order valence-electron chi connectivity index (χ2n) is 13.5. The van der Waals surface area contributed by atoms with Crippen LogP contribution in [0.4, 0.5) is 0 Å². The van der Waals surface area contributed by atoms with Crippen molar-refractivity contribution in [2.24, 2.45) is 5.92 Å². The molecule has 0 spiro atoms. The van der Waals surface area contributed by atoms with Crippen LogP contribution in [0.25, 0.3) is 72.4 Å². The Morgan fingerprint density at radius 1 is 0.759 bits per heavy atom. The summed E-state index contributed by atoms with van der Waals surface area (Å²) in [6.45, 7) is 5.29. The first-order valence-electron chi connectivity index (χ1n) is 20.3. The predicted octanol–water partition coefficient (Wildman–Crippen LogP) is 12.7. The van der Waals surface area contributed by atoms with E-state index in [9.17, 15) is 0 Å². The number of benzene rings is 6. The summed E-state index contributed by atoms with van der Waals surface area (Å²) < 4.78 is 49.5. The first-order valence-corrected chi connectivity index (χ1v) is 17.8. The van der Waals surface area contributed by atoms with Crippen LogP contribution >= 0.6 is 0 Å². The van der Waals surface area contributed by atoms with Crippen molar-refractivity contribution < 1.29 is 31.4 Å². The molecule has 269 valence electrons. The summed E-state index contributed by atoms with van der Waals surface area (Å²) >= 11 is 0. The van der Waals surface area contributed by atoms with Crippen LogP contribution in [0.15, 0.2) is 144 Å². The van der Waals surface area contributed by atoms with Gasteiger partial charge in [0.2, 0.25) is 0 Å². The van der Waals surface area contributed by atoms with Crippen LogP contribution in [0, 0.1) is 38.8 Å². The number of fused-ring (bicyclic) bond motifs is 4. The molecule has 0 aliphatic carbocycles. The van der Waals surface area contributed by atoms with Gasteiger partial charge in [0.1, 0.15) is 5.58 Å². The van der Waals surface area contributed by atoms with Gasteiger partial charge in [-0.25, -0.2) is 0 Å². The zero-order chi connectivity index (χ0) is 40.8. The van der Waals surface area contributed by atoms with E-state index in [0.29, 0.717) is 16.8 Å². The summed E-state index contributed by atoms with van der Waals surface area (Å²) in [5, 5.41) is 1.84. The van der Waals surface area contributed by atoms with Gasteiger partial charge in [0.15, 0.2) is 0 Å². The number of furan rings is 1. The van der Waals surface area contributed by atoms with Gasteiger partial charge in [-0.05, 0) is 84.7 Å². The second-order valence-corrected chi connectivity index (χ2v) is 13.5. The van der Waals surface area contributed by atoms with E-state index in [-0.39, 0.29) is 31.2 Å². The maximum absolute atomic E-state index is 8.61. The number of rotatable bonds is 6. The van der Waals surface area contributed by atoms with Crippen molar-refractivity contribution in [2.75, 3.05) is 0 Å². The Labute approximate surface area is 337 Å². The number of imidazole rings is 1. The maximum atomic E-state index is 8.61. The van der Waals surface area contributed by atoms with E-state index in [4.69, 9.17) is 16.3 Å². The third kappa shape index (κ3) is 7.18. The number of hydrogen-bond acceptors (Lipinski definition) is 3. The summed E-state index contributed by atoms with van der Waals surface area (Å²) in [6, 6.07) is 50.6. The van der Waals surface area contributed by atoms with Crippen LogP contribution in [-0.4, -0.2) is 14.5 Å². The molecule has 0 bridgehead atoms. The van der Waals surface area contributed by atoms with E-state index in [2.05, 4.69) is 84.1 Å². The molecule has 9 aromatic rings. The third-order valence-electron chi connectivity index (χ3n) is 9.32. The molecule has 0 fully saturated rings. The van der Waals surface area contributed by atoms with Crippen molar-refractivity contribution in [1.82, 2.24) is 14.5 Å². The van der Waals surface area contributed by atoms with Crippen LogP contribution in [-0.2, 0) is 26.5 Å². The Hall–Kier alpha value is -5.61. The summed E-state index contributed by atoms with van der Waals surface area (Å²) in [5.41, 5.74) is 11.3. The minimum absolute atomic E-state index is 0. The Morgan fingerprint density at radius 3 is 2.30 bits per heavy atom. The average Bonchev–Trinajstić information content (AvgIpc) is 3.80. The molecule has 0 N–H and O–H groups in total. The van der Waals surface area contributed by atoms with Crippen LogP contribution < -0.4 is 0 Å². The van der Waals surface area contributed by atoms with Gasteiger partial charge in [0.05, 0.1) is 22.4 Å². The molecule has 4 nitrogen and oxygen atoms in total. The fraction of sp³-hybridized carbons (Fsp3) is 0.143. The van der Waals surface area contributed by atoms with Crippen LogP contribution in [0.2, 0.25) is 0 Å². The van der Waals surface area contributed by atoms with Gasteiger partial charge >= 0.3 is 0 Å². The Balaban J connectivity index is 0.000000191. The quantitative estimate of drug-likeness (QED) is 0.156. The Morgan fingerprint density at radius 2 is 1.54 bits per heavy atom. The smallest absolute Gasteiger partial charge is 0.121 e. The van der Waals surface area contributed by atoms with Crippen molar-refractivity contribution in [2.45, 2.75) is 40.9 Å². The van der Waals surface area contributed by atoms with Gasteiger partial charge in [-0.3, -0.25) is 4.98 Å². The molecule has 1 radical (unpaired) electrons. The fourth-order valence-electron chi connectivity index (χ4n) is 6.89. The SMILES string of the molecule is Cc1cccc(C)c1-n1c(-c2[c-]cccc2)nc2ccccc21.[2H]C([2H])([2H])c1cnc(-c2[c-]ccc3c2oc2cc(-c4ccccc4)ccc23)cc1C([2H])([2H])C(C)C.[Ir]. The Kier molecular flexibility index (Phi) is 9.00. The topological polar surface area (TPSA) is 43.9 Å². The number of aromatic nitrogens is 3. The minimum Gasteiger partial charge on any atom is -0.501 e. The summed E-state index contributed by atoms with van der Waals surface area (Å²) in [6.07, 6.45) is -0.589. The molecule has 9 rings (SSSR count). The van der Waals surface area contributed by atoms with E-state index >= 15 is 0 Å². The largest absolute Gasteiger partial charge is 0.501 e. The van der Waals surface area contributed by atoms with Crippen molar-refractivity contribution in [3.63, 3.8) is 0 Å². The van der Waals surface area contributed by atoms with E-state index in [0.717, 1.165) is 49.9 Å². The first kappa shape index (κ1) is 30.8. The number of pyridine rings is 1. The molecule has 3 heterocycles. The molecule has 3 aromatic heterocycles. The second kappa shape index (κ2) is 15.8. The van der Waals surface area contributed by atoms with Crippen LogP contribution in [0.1, 0.15) is 43.0 Å². The molecule has 54 heavy (non-hydrogen) atoms. The zero-order valence-electron chi connectivity index (χ0n) is 35.4. The molecule has 0 unspecified atom stereocenters. The van der Waals surface area contributed by atoms with Gasteiger partial charge in [-0.1, -0.05) is 109 Å². The van der Waals surface area contributed by atoms with E-state index in [1.54, 1.807) is 19.9 Å². The van der Waals surface area contributed by atoms with E-state index in [1.807, 2.05) is 72.8 Å². The summed E-state index contributed by atoms with van der Waals surface area (Å²) in [4.78, 5) is 9.29. The molecule has 0 saturated heterocycles. The minimum atomic E-state index is -2.48. The summed E-state index contributed by atoms with van der Waals surface area (Å²) in [7, 11) is 0. The standard InChI is InChI=1S/C28H24NO.C21H17N2.Ir/c1-18(2)14-22-15-26(29-17-19(22)3)25-11-7-10-24-23-13-12-21(16-27(23)30-28(24)25)20-8-5-4-6-9-20;1-15-9-8-10-16(2)20(15)23-19-14-7-6-13-18(19)22-21(23)17-11-4-3-5-12-17;/h4-10,12-13,15-18H,14H2,1-3H3;3-11,13-14H,1-2H3;/q2*-1;/i3D3,14D2;;. The monoisotopic (exact) mass is 885 g/mol. The molecule has 0 amide bonds. The fourth-order valence-corrected chi connectivity index (χ4v) is 6.89. The molecule has 6 aromatic carbocycles. The third-order valence-corrected chi connectivity index (χ3v) is 9.32. The van der Waals surface area contributed by atoms with Crippen molar-refractivity contribution in [3.05, 3.63) is 174 Å². The first-order chi connectivity index (χ1) is 27.8. The van der Waals surface area contributed by atoms with Crippen LogP contribution in [0.5, 0.6) is 0 Å². The van der Waals surface area contributed by atoms with Gasteiger partial charge < -0.3 is 14.0 Å².